The van der Waals surface area contributed by atoms with Crippen LogP contribution in [0.1, 0.15) is 6.92 Å². The Balaban J connectivity index is 2.90. The van der Waals surface area contributed by atoms with Crippen LogP contribution >= 0.6 is 27.7 Å². The summed E-state index contributed by atoms with van der Waals surface area (Å²) < 4.78 is 0.910. The largest absolute Gasteiger partial charge is 0.370 e. The quantitative estimate of drug-likeness (QED) is 0.451. The number of halogens is 1. The Morgan fingerprint density at radius 2 is 2.36 bits per heavy atom. The number of nitrogens with two attached hydrogens (primary N) is 1. The van der Waals surface area contributed by atoms with Gasteiger partial charge in [0.15, 0.2) is 5.96 Å². The van der Waals surface area contributed by atoms with E-state index in [1.165, 1.54) is 4.90 Å². The second-order valence-electron chi connectivity index (χ2n) is 2.61. The van der Waals surface area contributed by atoms with Crippen molar-refractivity contribution in [2.45, 2.75) is 11.8 Å². The number of anilines is 1. The van der Waals surface area contributed by atoms with Crippen molar-refractivity contribution in [3.8, 4) is 0 Å². The SMILES string of the molecule is CCSc1ccc(Br)c(NC(=N)N)c1. The molecule has 0 aliphatic rings. The number of thioether (sulfide) groups is 1. The van der Waals surface area contributed by atoms with Gasteiger partial charge in [-0.3, -0.25) is 5.41 Å². The first-order chi connectivity index (χ1) is 6.63. The summed E-state index contributed by atoms with van der Waals surface area (Å²) in [5.74, 6) is 0.977. The van der Waals surface area contributed by atoms with E-state index in [0.717, 1.165) is 15.9 Å². The van der Waals surface area contributed by atoms with Crippen LogP contribution in [0, 0.1) is 5.41 Å². The third kappa shape index (κ3) is 3.23. The molecule has 0 saturated heterocycles. The minimum Gasteiger partial charge on any atom is -0.370 e. The number of hydrogen-bond donors (Lipinski definition) is 3. The van der Waals surface area contributed by atoms with Gasteiger partial charge in [-0.25, -0.2) is 0 Å². The zero-order valence-electron chi connectivity index (χ0n) is 7.80. The van der Waals surface area contributed by atoms with Crippen LogP contribution in [-0.2, 0) is 0 Å². The molecule has 1 aromatic rings. The molecule has 0 atom stereocenters. The summed E-state index contributed by atoms with van der Waals surface area (Å²) in [5.41, 5.74) is 6.09. The third-order valence-corrected chi connectivity index (χ3v) is 3.09. The summed E-state index contributed by atoms with van der Waals surface area (Å²) in [6, 6.07) is 5.95. The Morgan fingerprint density at radius 1 is 1.64 bits per heavy atom. The lowest BCUT2D eigenvalue weighted by Crippen LogP contribution is -2.20. The van der Waals surface area contributed by atoms with Crippen molar-refractivity contribution >= 4 is 39.3 Å². The first-order valence-electron chi connectivity index (χ1n) is 4.17. The summed E-state index contributed by atoms with van der Waals surface area (Å²) in [6.45, 7) is 2.10. The van der Waals surface area contributed by atoms with Gasteiger partial charge in [-0.1, -0.05) is 6.92 Å². The fourth-order valence-corrected chi connectivity index (χ4v) is 2.05. The van der Waals surface area contributed by atoms with E-state index in [1.807, 2.05) is 18.2 Å². The molecule has 76 valence electrons. The predicted octanol–water partition coefficient (Wildman–Crippen LogP) is 2.87. The van der Waals surface area contributed by atoms with Gasteiger partial charge in [0, 0.05) is 9.37 Å². The molecule has 3 nitrogen and oxygen atoms in total. The molecule has 0 amide bonds. The molecular formula is C9H12BrN3S. The second kappa shape index (κ2) is 5.26. The van der Waals surface area contributed by atoms with Crippen LogP contribution < -0.4 is 11.1 Å². The fourth-order valence-electron chi connectivity index (χ4n) is 1.00. The van der Waals surface area contributed by atoms with Gasteiger partial charge in [0.25, 0.3) is 0 Å². The zero-order chi connectivity index (χ0) is 10.6. The first-order valence-corrected chi connectivity index (χ1v) is 5.94. The van der Waals surface area contributed by atoms with Crippen LogP contribution in [-0.4, -0.2) is 11.7 Å². The maximum Gasteiger partial charge on any atom is 0.190 e. The molecule has 0 radical (unpaired) electrons. The Morgan fingerprint density at radius 3 is 2.93 bits per heavy atom. The Hall–Kier alpha value is -0.680. The van der Waals surface area contributed by atoms with Crippen molar-refractivity contribution in [2.75, 3.05) is 11.1 Å². The maximum absolute atomic E-state index is 7.14. The number of rotatable bonds is 3. The lowest BCUT2D eigenvalue weighted by atomic mass is 10.3. The van der Waals surface area contributed by atoms with Crippen LogP contribution in [0.2, 0.25) is 0 Å². The summed E-state index contributed by atoms with van der Waals surface area (Å²) in [4.78, 5) is 1.17. The van der Waals surface area contributed by atoms with Crippen LogP contribution in [0.25, 0.3) is 0 Å². The monoisotopic (exact) mass is 273 g/mol. The van der Waals surface area contributed by atoms with E-state index >= 15 is 0 Å². The molecule has 4 N–H and O–H groups in total. The summed E-state index contributed by atoms with van der Waals surface area (Å²) in [7, 11) is 0. The fraction of sp³-hybridized carbons (Fsp3) is 0.222. The molecule has 14 heavy (non-hydrogen) atoms. The standard InChI is InChI=1S/C9H12BrN3S/c1-2-14-6-3-4-7(10)8(5-6)13-9(11)12/h3-5H,2H2,1H3,(H4,11,12,13). The van der Waals surface area contributed by atoms with Crippen molar-refractivity contribution in [2.24, 2.45) is 5.73 Å². The minimum absolute atomic E-state index is 0.0515. The highest BCUT2D eigenvalue weighted by molar-refractivity contribution is 9.10. The lowest BCUT2D eigenvalue weighted by Gasteiger charge is -2.08. The zero-order valence-corrected chi connectivity index (χ0v) is 10.2. The molecule has 0 spiro atoms. The van der Waals surface area contributed by atoms with Gasteiger partial charge in [-0.2, -0.15) is 0 Å². The molecule has 0 aromatic heterocycles. The Kier molecular flexibility index (Phi) is 4.28. The lowest BCUT2D eigenvalue weighted by molar-refractivity contribution is 1.37. The van der Waals surface area contributed by atoms with Gasteiger partial charge in [0.05, 0.1) is 5.69 Å². The topological polar surface area (TPSA) is 61.9 Å². The van der Waals surface area contributed by atoms with E-state index in [9.17, 15) is 0 Å². The molecule has 0 unspecified atom stereocenters. The Labute approximate surface area is 96.1 Å². The molecule has 1 aromatic carbocycles. The summed E-state index contributed by atoms with van der Waals surface area (Å²) >= 11 is 5.14. The average Bonchev–Trinajstić information content (AvgIpc) is 2.10. The summed E-state index contributed by atoms with van der Waals surface area (Å²) in [5, 5.41) is 9.91. The molecular weight excluding hydrogens is 262 g/mol. The van der Waals surface area contributed by atoms with Crippen molar-refractivity contribution in [1.82, 2.24) is 0 Å². The minimum atomic E-state index is -0.0515. The maximum atomic E-state index is 7.14. The van der Waals surface area contributed by atoms with E-state index < -0.39 is 0 Å². The van der Waals surface area contributed by atoms with Gasteiger partial charge < -0.3 is 11.1 Å². The molecule has 0 bridgehead atoms. The highest BCUT2D eigenvalue weighted by Crippen LogP contribution is 2.28. The molecule has 0 fully saturated rings. The molecule has 0 heterocycles. The van der Waals surface area contributed by atoms with Gasteiger partial charge in [-0.15, -0.1) is 11.8 Å². The Bertz CT molecular complexity index is 341. The van der Waals surface area contributed by atoms with Crippen molar-refractivity contribution in [1.29, 1.82) is 5.41 Å². The number of guanidine groups is 1. The molecule has 0 aliphatic heterocycles. The van der Waals surface area contributed by atoms with Crippen molar-refractivity contribution in [3.05, 3.63) is 22.7 Å². The van der Waals surface area contributed by atoms with Crippen molar-refractivity contribution < 1.29 is 0 Å². The van der Waals surface area contributed by atoms with Gasteiger partial charge >= 0.3 is 0 Å². The number of nitrogens with one attached hydrogen (secondary N) is 2. The number of hydrogen-bond acceptors (Lipinski definition) is 2. The normalized spacial score (nSPS) is 9.86. The number of benzene rings is 1. The van der Waals surface area contributed by atoms with E-state index in [0.29, 0.717) is 0 Å². The molecule has 5 heteroatoms. The van der Waals surface area contributed by atoms with E-state index in [4.69, 9.17) is 11.1 Å². The molecule has 1 rings (SSSR count). The highest BCUT2D eigenvalue weighted by atomic mass is 79.9. The first kappa shape index (κ1) is 11.4. The van der Waals surface area contributed by atoms with Gasteiger partial charge in [-0.05, 0) is 39.9 Å². The smallest absolute Gasteiger partial charge is 0.190 e. The second-order valence-corrected chi connectivity index (χ2v) is 4.81. The van der Waals surface area contributed by atoms with E-state index in [1.54, 1.807) is 11.8 Å². The van der Waals surface area contributed by atoms with E-state index in [-0.39, 0.29) is 5.96 Å². The van der Waals surface area contributed by atoms with Crippen LogP contribution in [0.4, 0.5) is 5.69 Å². The molecule has 0 aliphatic carbocycles. The van der Waals surface area contributed by atoms with Gasteiger partial charge in [0.1, 0.15) is 0 Å². The highest BCUT2D eigenvalue weighted by Gasteiger charge is 2.01. The van der Waals surface area contributed by atoms with Crippen LogP contribution in [0.5, 0.6) is 0 Å². The van der Waals surface area contributed by atoms with Crippen LogP contribution in [0.15, 0.2) is 27.6 Å². The van der Waals surface area contributed by atoms with Crippen molar-refractivity contribution in [3.63, 3.8) is 0 Å². The average molecular weight is 274 g/mol. The predicted molar refractivity (Wildman–Crippen MR) is 66.1 cm³/mol. The van der Waals surface area contributed by atoms with Gasteiger partial charge in [0.2, 0.25) is 0 Å². The third-order valence-electron chi connectivity index (χ3n) is 1.52. The van der Waals surface area contributed by atoms with Crippen LogP contribution in [0.3, 0.4) is 0 Å². The molecule has 0 saturated carbocycles. The van der Waals surface area contributed by atoms with E-state index in [2.05, 4.69) is 28.2 Å². The summed E-state index contributed by atoms with van der Waals surface area (Å²) in [6.07, 6.45) is 0.